The zero-order chi connectivity index (χ0) is 26.9. The molecular weight excluding hydrogens is 507 g/mol. The molecular formula is C27H30F3NO3S2. The molecule has 0 aliphatic rings. The number of hydrogen-bond donors (Lipinski definition) is 0. The average Bonchev–Trinajstić information content (AvgIpc) is 3.18. The molecule has 4 nitrogen and oxygen atoms in total. The molecule has 3 rings (SSSR count). The summed E-state index contributed by atoms with van der Waals surface area (Å²) in [6, 6.07) is 10.9. The first kappa shape index (κ1) is 28.1. The lowest BCUT2D eigenvalue weighted by atomic mass is 10.1. The van der Waals surface area contributed by atoms with Crippen LogP contribution in [0.2, 0.25) is 0 Å². The Kier molecular flexibility index (Phi) is 8.15. The van der Waals surface area contributed by atoms with Gasteiger partial charge in [0.1, 0.15) is 10.8 Å². The molecule has 9 heteroatoms. The van der Waals surface area contributed by atoms with Gasteiger partial charge >= 0.3 is 12.1 Å². The summed E-state index contributed by atoms with van der Waals surface area (Å²) in [5, 5.41) is 0.686. The fourth-order valence-corrected chi connectivity index (χ4v) is 6.16. The maximum Gasteiger partial charge on any atom is 0.416 e. The van der Waals surface area contributed by atoms with Crippen LogP contribution < -0.4 is 4.74 Å². The van der Waals surface area contributed by atoms with E-state index in [9.17, 15) is 18.0 Å². The van der Waals surface area contributed by atoms with E-state index in [0.717, 1.165) is 33.2 Å². The van der Waals surface area contributed by atoms with Gasteiger partial charge in [-0.1, -0.05) is 12.1 Å². The first-order chi connectivity index (χ1) is 16.6. The van der Waals surface area contributed by atoms with Crippen LogP contribution in [0.5, 0.6) is 5.75 Å². The van der Waals surface area contributed by atoms with E-state index in [1.165, 1.54) is 23.5 Å². The van der Waals surface area contributed by atoms with Crippen molar-refractivity contribution >= 4 is 29.1 Å². The second kappa shape index (κ2) is 10.5. The lowest BCUT2D eigenvalue weighted by molar-refractivity contribution is -0.158. The zero-order valence-corrected chi connectivity index (χ0v) is 23.0. The molecule has 0 spiro atoms. The molecule has 2 aromatic carbocycles. The average molecular weight is 538 g/mol. The molecule has 0 saturated carbocycles. The predicted molar refractivity (Wildman–Crippen MR) is 139 cm³/mol. The standard InChI is InChI=1S/C27H30F3NO3S2/c1-8-33-24(32)25(4,5)34-21-14-13-20(15-16(21)2)36-26(6,7)22-17(3)31-23(35-22)18-9-11-19(12-10-18)27(28,29)30/h9-15H,8H2,1-7H3. The Morgan fingerprint density at radius 3 is 2.22 bits per heavy atom. The van der Waals surface area contributed by atoms with Gasteiger partial charge in [0.2, 0.25) is 0 Å². The summed E-state index contributed by atoms with van der Waals surface area (Å²) in [6.07, 6.45) is -4.37. The van der Waals surface area contributed by atoms with Crippen molar-refractivity contribution in [1.29, 1.82) is 0 Å². The van der Waals surface area contributed by atoms with Crippen molar-refractivity contribution in [3.05, 3.63) is 64.2 Å². The third-order valence-electron chi connectivity index (χ3n) is 5.45. The molecule has 0 radical (unpaired) electrons. The monoisotopic (exact) mass is 537 g/mol. The second-order valence-corrected chi connectivity index (χ2v) is 12.1. The fraction of sp³-hybridized carbons (Fsp3) is 0.407. The number of aromatic nitrogens is 1. The molecule has 0 aliphatic heterocycles. The first-order valence-electron chi connectivity index (χ1n) is 11.5. The molecule has 0 unspecified atom stereocenters. The number of thiazole rings is 1. The summed E-state index contributed by atoms with van der Waals surface area (Å²) < 4.78 is 49.4. The highest BCUT2D eigenvalue weighted by molar-refractivity contribution is 8.00. The molecule has 0 fully saturated rings. The molecule has 194 valence electrons. The number of carbonyl (C=O) groups is 1. The summed E-state index contributed by atoms with van der Waals surface area (Å²) in [5.74, 6) is 0.183. The number of ether oxygens (including phenoxy) is 2. The van der Waals surface area contributed by atoms with E-state index in [2.05, 4.69) is 18.8 Å². The maximum atomic E-state index is 12.9. The smallest absolute Gasteiger partial charge is 0.416 e. The molecule has 1 aromatic heterocycles. The zero-order valence-electron chi connectivity index (χ0n) is 21.4. The Balaban J connectivity index is 1.80. The lowest BCUT2D eigenvalue weighted by Gasteiger charge is -2.26. The Hall–Kier alpha value is -2.52. The van der Waals surface area contributed by atoms with Gasteiger partial charge < -0.3 is 9.47 Å². The van der Waals surface area contributed by atoms with E-state index in [0.29, 0.717) is 16.3 Å². The van der Waals surface area contributed by atoms with Gasteiger partial charge in [-0.2, -0.15) is 13.2 Å². The van der Waals surface area contributed by atoms with Gasteiger partial charge in [-0.05, 0) is 84.4 Å². The molecule has 36 heavy (non-hydrogen) atoms. The van der Waals surface area contributed by atoms with Crippen LogP contribution in [0.3, 0.4) is 0 Å². The SMILES string of the molecule is CCOC(=O)C(C)(C)Oc1ccc(SC(C)(C)c2sc(-c3ccc(C(F)(F)F)cc3)nc2C)cc1C. The summed E-state index contributed by atoms with van der Waals surface area (Å²) in [5.41, 5.74) is 0.608. The minimum Gasteiger partial charge on any atom is -0.476 e. The van der Waals surface area contributed by atoms with Crippen molar-refractivity contribution in [2.75, 3.05) is 6.61 Å². The molecule has 0 saturated heterocycles. The Morgan fingerprint density at radius 2 is 1.67 bits per heavy atom. The number of carbonyl (C=O) groups excluding carboxylic acids is 1. The lowest BCUT2D eigenvalue weighted by Crippen LogP contribution is -2.39. The highest BCUT2D eigenvalue weighted by atomic mass is 32.2. The van der Waals surface area contributed by atoms with E-state index in [-0.39, 0.29) is 11.4 Å². The van der Waals surface area contributed by atoms with E-state index in [1.54, 1.807) is 32.5 Å². The van der Waals surface area contributed by atoms with Crippen molar-refractivity contribution in [3.63, 3.8) is 0 Å². The molecule has 0 aliphatic carbocycles. The highest BCUT2D eigenvalue weighted by Crippen LogP contribution is 2.46. The Bertz CT molecular complexity index is 1230. The van der Waals surface area contributed by atoms with Crippen LogP contribution in [0, 0.1) is 13.8 Å². The topological polar surface area (TPSA) is 48.4 Å². The minimum atomic E-state index is -4.37. The number of esters is 1. The summed E-state index contributed by atoms with van der Waals surface area (Å²) in [6.45, 7) is 13.4. The number of hydrogen-bond acceptors (Lipinski definition) is 6. The highest BCUT2D eigenvalue weighted by Gasteiger charge is 2.33. The van der Waals surface area contributed by atoms with Gasteiger partial charge in [0, 0.05) is 15.3 Å². The first-order valence-corrected chi connectivity index (χ1v) is 13.1. The Labute approximate surface area is 218 Å². The maximum absolute atomic E-state index is 12.9. The van der Waals surface area contributed by atoms with Gasteiger partial charge in [-0.15, -0.1) is 23.1 Å². The van der Waals surface area contributed by atoms with Gasteiger partial charge in [0.15, 0.2) is 5.60 Å². The largest absolute Gasteiger partial charge is 0.476 e. The van der Waals surface area contributed by atoms with Crippen LogP contribution in [0.1, 0.15) is 56.3 Å². The molecule has 0 atom stereocenters. The van der Waals surface area contributed by atoms with Crippen molar-refractivity contribution < 1.29 is 27.4 Å². The number of aryl methyl sites for hydroxylation is 2. The number of alkyl halides is 3. The van der Waals surface area contributed by atoms with E-state index < -0.39 is 23.3 Å². The van der Waals surface area contributed by atoms with Crippen LogP contribution in [-0.2, 0) is 20.5 Å². The third-order valence-corrected chi connectivity index (χ3v) is 8.32. The number of nitrogens with zero attached hydrogens (tertiary/aromatic N) is 1. The third kappa shape index (κ3) is 6.42. The molecule has 0 amide bonds. The number of thioether (sulfide) groups is 1. The Morgan fingerprint density at radius 1 is 1.03 bits per heavy atom. The van der Waals surface area contributed by atoms with Crippen LogP contribution in [0.15, 0.2) is 47.4 Å². The van der Waals surface area contributed by atoms with Crippen molar-refractivity contribution in [1.82, 2.24) is 4.98 Å². The van der Waals surface area contributed by atoms with Crippen LogP contribution >= 0.6 is 23.1 Å². The predicted octanol–water partition coefficient (Wildman–Crippen LogP) is 8.19. The summed E-state index contributed by atoms with van der Waals surface area (Å²) >= 11 is 3.14. The number of benzene rings is 2. The van der Waals surface area contributed by atoms with Crippen LogP contribution in [0.25, 0.3) is 10.6 Å². The minimum absolute atomic E-state index is 0.285. The normalized spacial score (nSPS) is 12.5. The fourth-order valence-electron chi connectivity index (χ4n) is 3.64. The van der Waals surface area contributed by atoms with Gasteiger partial charge in [-0.3, -0.25) is 0 Å². The van der Waals surface area contributed by atoms with E-state index >= 15 is 0 Å². The van der Waals surface area contributed by atoms with Crippen LogP contribution in [0.4, 0.5) is 13.2 Å². The molecule has 3 aromatic rings. The van der Waals surface area contributed by atoms with Gasteiger partial charge in [0.25, 0.3) is 0 Å². The van der Waals surface area contributed by atoms with E-state index in [1.807, 2.05) is 32.0 Å². The number of halogens is 3. The van der Waals surface area contributed by atoms with Crippen LogP contribution in [-0.4, -0.2) is 23.2 Å². The van der Waals surface area contributed by atoms with Gasteiger partial charge in [-0.25, -0.2) is 9.78 Å². The van der Waals surface area contributed by atoms with Crippen molar-refractivity contribution in [2.45, 2.75) is 69.9 Å². The quantitative estimate of drug-likeness (QED) is 0.214. The summed E-state index contributed by atoms with van der Waals surface area (Å²) in [7, 11) is 0. The molecule has 1 heterocycles. The van der Waals surface area contributed by atoms with E-state index in [4.69, 9.17) is 9.47 Å². The molecule has 0 N–H and O–H groups in total. The van der Waals surface area contributed by atoms with Crippen molar-refractivity contribution in [3.8, 4) is 16.3 Å². The van der Waals surface area contributed by atoms with Gasteiger partial charge in [0.05, 0.1) is 22.6 Å². The summed E-state index contributed by atoms with van der Waals surface area (Å²) in [4.78, 5) is 18.9. The molecule has 0 bridgehead atoms. The van der Waals surface area contributed by atoms with Crippen molar-refractivity contribution in [2.24, 2.45) is 0 Å². The number of rotatable bonds is 8. The second-order valence-electron chi connectivity index (χ2n) is 9.38.